The van der Waals surface area contributed by atoms with Crippen molar-refractivity contribution in [2.75, 3.05) is 24.5 Å². The molecule has 8 heteroatoms. The molecule has 0 aliphatic carbocycles. The number of nitrogens with one attached hydrogen (secondary N) is 2. The molecule has 1 saturated heterocycles. The Morgan fingerprint density at radius 3 is 2.45 bits per heavy atom. The molecule has 1 fully saturated rings. The largest absolute Gasteiger partial charge is 0.354 e. The Morgan fingerprint density at radius 1 is 1.17 bits per heavy atom. The van der Waals surface area contributed by atoms with Gasteiger partial charge in [-0.3, -0.25) is 9.69 Å². The lowest BCUT2D eigenvalue weighted by molar-refractivity contribution is -0.122. The number of urea groups is 1. The van der Waals surface area contributed by atoms with Crippen molar-refractivity contribution in [2.24, 2.45) is 11.7 Å². The molecule has 0 radical (unpaired) electrons. The first kappa shape index (κ1) is 21.1. The minimum absolute atomic E-state index is 0.0732. The zero-order chi connectivity index (χ0) is 20.8. The van der Waals surface area contributed by atoms with Gasteiger partial charge < -0.3 is 16.4 Å². The van der Waals surface area contributed by atoms with Crippen LogP contribution in [0.25, 0.3) is 0 Å². The highest BCUT2D eigenvalue weighted by Crippen LogP contribution is 2.30. The van der Waals surface area contributed by atoms with Gasteiger partial charge in [0.15, 0.2) is 0 Å². The van der Waals surface area contributed by atoms with Gasteiger partial charge in [0.2, 0.25) is 5.91 Å². The normalized spacial score (nSPS) is 15.5. The summed E-state index contributed by atoms with van der Waals surface area (Å²) in [6, 6.07) is 10.1. The van der Waals surface area contributed by atoms with Crippen LogP contribution in [0.5, 0.6) is 0 Å². The van der Waals surface area contributed by atoms with E-state index in [2.05, 4.69) is 10.6 Å². The van der Waals surface area contributed by atoms with Gasteiger partial charge in [-0.05, 0) is 62.2 Å². The van der Waals surface area contributed by atoms with E-state index in [1.807, 2.05) is 0 Å². The zero-order valence-corrected chi connectivity index (χ0v) is 16.7. The summed E-state index contributed by atoms with van der Waals surface area (Å²) < 4.78 is 14.6. The Hall–Kier alpha value is -2.64. The van der Waals surface area contributed by atoms with Crippen LogP contribution in [0.1, 0.15) is 24.4 Å². The average molecular weight is 419 g/mol. The number of nitrogens with two attached hydrogens (primary N) is 1. The van der Waals surface area contributed by atoms with E-state index in [0.29, 0.717) is 23.2 Å². The number of primary amides is 1. The molecule has 1 heterocycles. The molecule has 1 aliphatic rings. The first-order valence-electron chi connectivity index (χ1n) is 9.54. The molecule has 1 atom stereocenters. The number of amides is 3. The minimum Gasteiger partial charge on any atom is -0.354 e. The van der Waals surface area contributed by atoms with E-state index in [-0.39, 0.29) is 5.56 Å². The molecule has 154 valence electrons. The van der Waals surface area contributed by atoms with Crippen LogP contribution in [0.2, 0.25) is 5.02 Å². The summed E-state index contributed by atoms with van der Waals surface area (Å²) >= 11 is 5.94. The Bertz CT molecular complexity index is 856. The van der Waals surface area contributed by atoms with Crippen LogP contribution in [0, 0.1) is 11.7 Å². The smallest absolute Gasteiger partial charge is 0.320 e. The van der Waals surface area contributed by atoms with E-state index in [1.165, 1.54) is 18.2 Å². The van der Waals surface area contributed by atoms with Crippen LogP contribution in [0.3, 0.4) is 0 Å². The number of anilines is 1. The van der Waals surface area contributed by atoms with Crippen LogP contribution in [0.15, 0.2) is 48.5 Å². The van der Waals surface area contributed by atoms with Crippen molar-refractivity contribution < 1.29 is 14.0 Å². The first-order chi connectivity index (χ1) is 14.0. The molecule has 0 spiro atoms. The van der Waals surface area contributed by atoms with E-state index in [0.717, 1.165) is 30.8 Å². The van der Waals surface area contributed by atoms with Crippen molar-refractivity contribution in [3.05, 3.63) is 64.9 Å². The molecule has 0 bridgehead atoms. The predicted molar refractivity (Wildman–Crippen MR) is 111 cm³/mol. The number of rotatable bonds is 6. The Labute approximate surface area is 174 Å². The number of hydrogen-bond donors (Lipinski definition) is 3. The summed E-state index contributed by atoms with van der Waals surface area (Å²) in [4.78, 5) is 26.6. The lowest BCUT2D eigenvalue weighted by Gasteiger charge is -2.31. The van der Waals surface area contributed by atoms with Crippen LogP contribution >= 0.6 is 11.6 Å². The standard InChI is InChI=1S/C21H24ClFN4O2/c22-15-5-7-16(8-6-15)27(21(24)29)19(17-3-1-2-4-18(17)23)20(28)26-13-14-9-11-25-12-10-14/h1-8,14,19,25H,9-13H2,(H2,24,29)(H,26,28). The van der Waals surface area contributed by atoms with Crippen molar-refractivity contribution in [2.45, 2.75) is 18.9 Å². The summed E-state index contributed by atoms with van der Waals surface area (Å²) in [5.41, 5.74) is 6.04. The number of piperidine rings is 1. The predicted octanol–water partition coefficient (Wildman–Crippen LogP) is 3.22. The van der Waals surface area contributed by atoms with Gasteiger partial charge in [-0.15, -0.1) is 0 Å². The molecule has 0 saturated carbocycles. The van der Waals surface area contributed by atoms with Crippen molar-refractivity contribution in [1.82, 2.24) is 10.6 Å². The second-order valence-electron chi connectivity index (χ2n) is 7.05. The van der Waals surface area contributed by atoms with Gasteiger partial charge in [-0.2, -0.15) is 0 Å². The fourth-order valence-electron chi connectivity index (χ4n) is 3.53. The fraction of sp³-hybridized carbons (Fsp3) is 0.333. The maximum Gasteiger partial charge on any atom is 0.320 e. The van der Waals surface area contributed by atoms with Gasteiger partial charge in [-0.25, -0.2) is 9.18 Å². The van der Waals surface area contributed by atoms with Gasteiger partial charge >= 0.3 is 6.03 Å². The molecular formula is C21H24ClFN4O2. The van der Waals surface area contributed by atoms with Crippen LogP contribution in [-0.2, 0) is 4.79 Å². The highest BCUT2D eigenvalue weighted by Gasteiger charge is 2.33. The Balaban J connectivity index is 1.92. The molecule has 1 unspecified atom stereocenters. The van der Waals surface area contributed by atoms with Crippen LogP contribution in [0.4, 0.5) is 14.9 Å². The third-order valence-electron chi connectivity index (χ3n) is 5.07. The zero-order valence-electron chi connectivity index (χ0n) is 15.9. The SMILES string of the molecule is NC(=O)N(c1ccc(Cl)cc1)C(C(=O)NCC1CCNCC1)c1ccccc1F. The van der Waals surface area contributed by atoms with Gasteiger partial charge in [0, 0.05) is 22.8 Å². The van der Waals surface area contributed by atoms with E-state index >= 15 is 0 Å². The molecule has 3 rings (SSSR count). The van der Waals surface area contributed by atoms with Gasteiger partial charge in [0.25, 0.3) is 0 Å². The number of halogens is 2. The van der Waals surface area contributed by atoms with Crippen molar-refractivity contribution >= 4 is 29.2 Å². The fourth-order valence-corrected chi connectivity index (χ4v) is 3.65. The van der Waals surface area contributed by atoms with Crippen molar-refractivity contribution in [3.8, 4) is 0 Å². The third-order valence-corrected chi connectivity index (χ3v) is 5.32. The number of hydrogen-bond acceptors (Lipinski definition) is 3. The Morgan fingerprint density at radius 2 is 1.83 bits per heavy atom. The number of benzene rings is 2. The number of carbonyl (C=O) groups is 2. The van der Waals surface area contributed by atoms with Crippen molar-refractivity contribution in [1.29, 1.82) is 0 Å². The van der Waals surface area contributed by atoms with Crippen molar-refractivity contribution in [3.63, 3.8) is 0 Å². The summed E-state index contributed by atoms with van der Waals surface area (Å²) in [6.45, 7) is 2.25. The van der Waals surface area contributed by atoms with E-state index < -0.39 is 23.8 Å². The maximum atomic E-state index is 14.6. The molecule has 2 aromatic rings. The number of nitrogens with zero attached hydrogens (tertiary/aromatic N) is 1. The second kappa shape index (κ2) is 9.71. The minimum atomic E-state index is -1.24. The van der Waals surface area contributed by atoms with Gasteiger partial charge in [0.05, 0.1) is 0 Å². The van der Waals surface area contributed by atoms with Crippen LogP contribution < -0.4 is 21.3 Å². The third kappa shape index (κ3) is 5.25. The summed E-state index contributed by atoms with van der Waals surface area (Å²) in [5.74, 6) is -0.740. The molecule has 6 nitrogen and oxygen atoms in total. The lowest BCUT2D eigenvalue weighted by atomic mass is 9.97. The van der Waals surface area contributed by atoms with E-state index in [1.54, 1.807) is 30.3 Å². The summed E-state index contributed by atoms with van der Waals surface area (Å²) in [7, 11) is 0. The highest BCUT2D eigenvalue weighted by atomic mass is 35.5. The van der Waals surface area contributed by atoms with Crippen LogP contribution in [-0.4, -0.2) is 31.6 Å². The Kier molecular flexibility index (Phi) is 7.06. The monoisotopic (exact) mass is 418 g/mol. The molecule has 3 amide bonds. The van der Waals surface area contributed by atoms with E-state index in [4.69, 9.17) is 17.3 Å². The van der Waals surface area contributed by atoms with E-state index in [9.17, 15) is 14.0 Å². The molecule has 4 N–H and O–H groups in total. The summed E-state index contributed by atoms with van der Waals surface area (Å²) in [6.07, 6.45) is 1.89. The average Bonchev–Trinajstić information content (AvgIpc) is 2.72. The topological polar surface area (TPSA) is 87.5 Å². The summed E-state index contributed by atoms with van der Waals surface area (Å²) in [5, 5.41) is 6.63. The van der Waals surface area contributed by atoms with Gasteiger partial charge in [0.1, 0.15) is 11.9 Å². The maximum absolute atomic E-state index is 14.6. The molecule has 1 aliphatic heterocycles. The highest BCUT2D eigenvalue weighted by molar-refractivity contribution is 6.30. The first-order valence-corrected chi connectivity index (χ1v) is 9.92. The quantitative estimate of drug-likeness (QED) is 0.673. The second-order valence-corrected chi connectivity index (χ2v) is 7.48. The lowest BCUT2D eigenvalue weighted by Crippen LogP contribution is -2.47. The molecule has 0 aromatic heterocycles. The molecule has 29 heavy (non-hydrogen) atoms. The molecular weight excluding hydrogens is 395 g/mol. The molecule has 2 aromatic carbocycles. The van der Waals surface area contributed by atoms with Gasteiger partial charge in [-0.1, -0.05) is 29.8 Å². The number of carbonyl (C=O) groups excluding carboxylic acids is 2.